The number of anilines is 3. The van der Waals surface area contributed by atoms with Crippen LogP contribution in [0, 0.1) is 5.82 Å². The fraction of sp³-hybridized carbons (Fsp3) is 0.0588. The molecule has 0 aliphatic rings. The number of benzene rings is 2. The fourth-order valence-electron chi connectivity index (χ4n) is 2.33. The van der Waals surface area contributed by atoms with E-state index in [0.717, 1.165) is 0 Å². The second-order valence-corrected chi connectivity index (χ2v) is 5.03. The Labute approximate surface area is 131 Å². The second kappa shape index (κ2) is 5.92. The first-order chi connectivity index (χ1) is 11.0. The van der Waals surface area contributed by atoms with Gasteiger partial charge in [0.1, 0.15) is 11.3 Å². The molecule has 0 saturated heterocycles. The van der Waals surface area contributed by atoms with Gasteiger partial charge in [-0.25, -0.2) is 4.39 Å². The van der Waals surface area contributed by atoms with Crippen LogP contribution in [0.4, 0.5) is 21.5 Å². The molecule has 1 amide bonds. The van der Waals surface area contributed by atoms with Gasteiger partial charge in [0.2, 0.25) is 5.91 Å². The molecule has 0 bridgehead atoms. The summed E-state index contributed by atoms with van der Waals surface area (Å²) in [4.78, 5) is 15.3. The summed E-state index contributed by atoms with van der Waals surface area (Å²) in [5, 5.41) is 16.6. The highest BCUT2D eigenvalue weighted by Gasteiger charge is 2.11. The van der Waals surface area contributed by atoms with Crippen LogP contribution in [-0.2, 0) is 4.79 Å². The van der Waals surface area contributed by atoms with Crippen molar-refractivity contribution in [3.63, 3.8) is 0 Å². The van der Waals surface area contributed by atoms with Gasteiger partial charge in [0.25, 0.3) is 0 Å². The summed E-state index contributed by atoms with van der Waals surface area (Å²) >= 11 is 0. The molecular weight excluding hydrogens is 297 g/mol. The maximum atomic E-state index is 13.3. The van der Waals surface area contributed by atoms with Crippen molar-refractivity contribution in [2.24, 2.45) is 0 Å². The van der Waals surface area contributed by atoms with Gasteiger partial charge < -0.3 is 15.7 Å². The van der Waals surface area contributed by atoms with Crippen LogP contribution in [0.5, 0.6) is 5.75 Å². The zero-order valence-corrected chi connectivity index (χ0v) is 12.3. The Kier molecular flexibility index (Phi) is 3.80. The summed E-state index contributed by atoms with van der Waals surface area (Å²) in [6.45, 7) is 1.36. The van der Waals surface area contributed by atoms with E-state index in [9.17, 15) is 14.3 Å². The smallest absolute Gasteiger partial charge is 0.221 e. The molecule has 3 aromatic rings. The number of carbonyl (C=O) groups excluding carboxylic acids is 1. The van der Waals surface area contributed by atoms with E-state index in [1.54, 1.807) is 30.3 Å². The van der Waals surface area contributed by atoms with Crippen molar-refractivity contribution >= 4 is 33.9 Å². The summed E-state index contributed by atoms with van der Waals surface area (Å²) in [6.07, 6.45) is 1.53. The normalized spacial score (nSPS) is 10.5. The molecule has 0 fully saturated rings. The maximum Gasteiger partial charge on any atom is 0.221 e. The van der Waals surface area contributed by atoms with Gasteiger partial charge in [0.05, 0.1) is 5.69 Å². The van der Waals surface area contributed by atoms with Crippen molar-refractivity contribution in [1.82, 2.24) is 4.98 Å². The third-order valence-electron chi connectivity index (χ3n) is 3.30. The number of aromatic hydroxyl groups is 1. The molecule has 116 valence electrons. The lowest BCUT2D eigenvalue weighted by Crippen LogP contribution is -2.06. The Hall–Kier alpha value is -3.15. The molecule has 0 atom stereocenters. The zero-order valence-electron chi connectivity index (χ0n) is 12.3. The lowest BCUT2D eigenvalue weighted by atomic mass is 10.1. The summed E-state index contributed by atoms with van der Waals surface area (Å²) in [5.74, 6) is -0.738. The van der Waals surface area contributed by atoms with E-state index in [2.05, 4.69) is 15.6 Å². The highest BCUT2D eigenvalue weighted by Crippen LogP contribution is 2.35. The molecule has 6 heteroatoms. The van der Waals surface area contributed by atoms with Crippen molar-refractivity contribution in [3.8, 4) is 5.75 Å². The molecule has 5 nitrogen and oxygen atoms in total. The third-order valence-corrected chi connectivity index (χ3v) is 3.30. The molecule has 0 aliphatic heterocycles. The highest BCUT2D eigenvalue weighted by atomic mass is 19.1. The monoisotopic (exact) mass is 311 g/mol. The summed E-state index contributed by atoms with van der Waals surface area (Å²) in [5.41, 5.74) is 1.89. The number of pyridine rings is 1. The van der Waals surface area contributed by atoms with Crippen LogP contribution in [-0.4, -0.2) is 16.0 Å². The van der Waals surface area contributed by atoms with Gasteiger partial charge in [-0.15, -0.1) is 0 Å². The van der Waals surface area contributed by atoms with Gasteiger partial charge in [-0.1, -0.05) is 6.07 Å². The summed E-state index contributed by atoms with van der Waals surface area (Å²) < 4.78 is 13.3. The SMILES string of the molecule is CC(=O)Nc1ccc2c(Nc3cccc(F)c3)ccnc2c1O. The van der Waals surface area contributed by atoms with E-state index in [-0.39, 0.29) is 17.5 Å². The van der Waals surface area contributed by atoms with Gasteiger partial charge in [-0.3, -0.25) is 9.78 Å². The van der Waals surface area contributed by atoms with Gasteiger partial charge in [0, 0.05) is 29.9 Å². The predicted molar refractivity (Wildman–Crippen MR) is 87.4 cm³/mol. The standard InChI is InChI=1S/C17H14FN3O2/c1-10(22)20-15-6-5-13-14(7-8-19-16(13)17(15)23)21-12-4-2-3-11(18)9-12/h2-9,23H,1H3,(H,19,21)(H,20,22). The minimum Gasteiger partial charge on any atom is -0.504 e. The lowest BCUT2D eigenvalue weighted by Gasteiger charge is -2.12. The van der Waals surface area contributed by atoms with Crippen LogP contribution >= 0.6 is 0 Å². The molecule has 3 N–H and O–H groups in total. The van der Waals surface area contributed by atoms with Crippen molar-refractivity contribution < 1.29 is 14.3 Å². The molecule has 0 radical (unpaired) electrons. The number of rotatable bonds is 3. The lowest BCUT2D eigenvalue weighted by molar-refractivity contribution is -0.114. The van der Waals surface area contributed by atoms with Gasteiger partial charge >= 0.3 is 0 Å². The zero-order chi connectivity index (χ0) is 16.4. The van der Waals surface area contributed by atoms with E-state index in [0.29, 0.717) is 28.0 Å². The topological polar surface area (TPSA) is 74.2 Å². The predicted octanol–water partition coefficient (Wildman–Crippen LogP) is 3.78. The van der Waals surface area contributed by atoms with Crippen LogP contribution in [0.15, 0.2) is 48.7 Å². The van der Waals surface area contributed by atoms with E-state index >= 15 is 0 Å². The number of amides is 1. The van der Waals surface area contributed by atoms with E-state index < -0.39 is 0 Å². The second-order valence-electron chi connectivity index (χ2n) is 5.03. The molecule has 3 rings (SSSR count). The maximum absolute atomic E-state index is 13.3. The number of fused-ring (bicyclic) bond motifs is 1. The molecular formula is C17H14FN3O2. The minimum atomic E-state index is -0.343. The Morgan fingerprint density at radius 1 is 1.17 bits per heavy atom. The first-order valence-corrected chi connectivity index (χ1v) is 6.95. The van der Waals surface area contributed by atoms with Crippen LogP contribution in [0.25, 0.3) is 10.9 Å². The number of aromatic nitrogens is 1. The van der Waals surface area contributed by atoms with Crippen molar-refractivity contribution in [3.05, 3.63) is 54.5 Å². The number of phenols is 1. The number of phenolic OH excluding ortho intramolecular Hbond substituents is 1. The molecule has 0 saturated carbocycles. The van der Waals surface area contributed by atoms with Crippen molar-refractivity contribution in [2.75, 3.05) is 10.6 Å². The molecule has 1 heterocycles. The molecule has 1 aromatic heterocycles. The fourth-order valence-corrected chi connectivity index (χ4v) is 2.33. The number of nitrogens with zero attached hydrogens (tertiary/aromatic N) is 1. The number of carbonyl (C=O) groups is 1. The molecule has 0 unspecified atom stereocenters. The van der Waals surface area contributed by atoms with Crippen molar-refractivity contribution in [2.45, 2.75) is 6.92 Å². The molecule has 0 spiro atoms. The van der Waals surface area contributed by atoms with Crippen LogP contribution in [0.1, 0.15) is 6.92 Å². The van der Waals surface area contributed by atoms with E-state index in [4.69, 9.17) is 0 Å². The van der Waals surface area contributed by atoms with Gasteiger partial charge in [-0.2, -0.15) is 0 Å². The Morgan fingerprint density at radius 2 is 2.00 bits per heavy atom. The highest BCUT2D eigenvalue weighted by molar-refractivity contribution is 6.01. The van der Waals surface area contributed by atoms with Crippen LogP contribution in [0.3, 0.4) is 0 Å². The summed E-state index contributed by atoms with van der Waals surface area (Å²) in [7, 11) is 0. The van der Waals surface area contributed by atoms with E-state index in [1.807, 2.05) is 0 Å². The minimum absolute atomic E-state index is 0.111. The van der Waals surface area contributed by atoms with Crippen LogP contribution in [0.2, 0.25) is 0 Å². The molecule has 23 heavy (non-hydrogen) atoms. The molecule has 0 aliphatic carbocycles. The number of hydrogen-bond donors (Lipinski definition) is 3. The third kappa shape index (κ3) is 3.06. The largest absolute Gasteiger partial charge is 0.504 e. The molecule has 2 aromatic carbocycles. The number of nitrogens with one attached hydrogen (secondary N) is 2. The van der Waals surface area contributed by atoms with Gasteiger partial charge in [-0.05, 0) is 36.4 Å². The average Bonchev–Trinajstić information content (AvgIpc) is 2.50. The average molecular weight is 311 g/mol. The number of hydrogen-bond acceptors (Lipinski definition) is 4. The Bertz CT molecular complexity index is 896. The van der Waals surface area contributed by atoms with E-state index in [1.165, 1.54) is 25.3 Å². The Balaban J connectivity index is 2.05. The van der Waals surface area contributed by atoms with Crippen LogP contribution < -0.4 is 10.6 Å². The summed E-state index contributed by atoms with van der Waals surface area (Å²) in [6, 6.07) is 11.1. The quantitative estimate of drug-likeness (QED) is 0.644. The van der Waals surface area contributed by atoms with Gasteiger partial charge in [0.15, 0.2) is 5.75 Å². The first-order valence-electron chi connectivity index (χ1n) is 6.95. The Morgan fingerprint density at radius 3 is 2.74 bits per heavy atom. The van der Waals surface area contributed by atoms with Crippen molar-refractivity contribution in [1.29, 1.82) is 0 Å². The number of halogens is 1. The first kappa shape index (κ1) is 14.8.